The summed E-state index contributed by atoms with van der Waals surface area (Å²) in [4.78, 5) is 2.79. The third-order valence-corrected chi connectivity index (χ3v) is 5.28. The minimum absolute atomic E-state index is 0.472. The van der Waals surface area contributed by atoms with Crippen molar-refractivity contribution in [2.24, 2.45) is 5.92 Å². The van der Waals surface area contributed by atoms with Crippen LogP contribution in [0.1, 0.15) is 65.7 Å². The highest BCUT2D eigenvalue weighted by atomic mass is 32.1. The fourth-order valence-electron chi connectivity index (χ4n) is 3.98. The van der Waals surface area contributed by atoms with Gasteiger partial charge < -0.3 is 0 Å². The van der Waals surface area contributed by atoms with Crippen LogP contribution in [-0.2, 0) is 0 Å². The number of rotatable bonds is 10. The monoisotopic (exact) mass is 283 g/mol. The van der Waals surface area contributed by atoms with Crippen molar-refractivity contribution in [2.75, 3.05) is 12.3 Å². The Bertz CT molecular complexity index is 266. The number of unbranched alkanes of at least 4 members (excludes halogenated alkanes) is 1. The van der Waals surface area contributed by atoms with E-state index in [1.807, 2.05) is 0 Å². The number of hydrogen-bond acceptors (Lipinski definition) is 2. The molecule has 0 aromatic rings. The van der Waals surface area contributed by atoms with Crippen LogP contribution in [0.4, 0.5) is 0 Å². The molecule has 1 saturated heterocycles. The van der Waals surface area contributed by atoms with Gasteiger partial charge >= 0.3 is 0 Å². The van der Waals surface area contributed by atoms with Crippen molar-refractivity contribution < 1.29 is 0 Å². The van der Waals surface area contributed by atoms with Crippen molar-refractivity contribution >= 4 is 12.6 Å². The van der Waals surface area contributed by atoms with Gasteiger partial charge in [0.15, 0.2) is 0 Å². The summed E-state index contributed by atoms with van der Waals surface area (Å²) in [5, 5.41) is 0. The van der Waals surface area contributed by atoms with Crippen molar-refractivity contribution in [1.29, 1.82) is 0 Å². The highest BCUT2D eigenvalue weighted by molar-refractivity contribution is 7.80. The second-order valence-electron chi connectivity index (χ2n) is 6.30. The predicted octanol–water partition coefficient (Wildman–Crippen LogP) is 4.93. The zero-order valence-electron chi connectivity index (χ0n) is 13.2. The summed E-state index contributed by atoms with van der Waals surface area (Å²) in [6, 6.07) is 0.768. The molecule has 0 aliphatic carbocycles. The van der Waals surface area contributed by atoms with Gasteiger partial charge in [-0.05, 0) is 63.7 Å². The van der Waals surface area contributed by atoms with Crippen LogP contribution >= 0.6 is 12.6 Å². The highest BCUT2D eigenvalue weighted by Crippen LogP contribution is 2.47. The molecule has 0 radical (unpaired) electrons. The second kappa shape index (κ2) is 8.36. The second-order valence-corrected chi connectivity index (χ2v) is 6.75. The molecule has 0 spiro atoms. The van der Waals surface area contributed by atoms with Gasteiger partial charge in [0, 0.05) is 11.6 Å². The minimum Gasteiger partial charge on any atom is -0.295 e. The molecule has 1 nitrogen and oxygen atoms in total. The smallest absolute Gasteiger partial charge is 0.0253 e. The van der Waals surface area contributed by atoms with Gasteiger partial charge in [-0.3, -0.25) is 4.90 Å². The summed E-state index contributed by atoms with van der Waals surface area (Å²) in [7, 11) is 0. The van der Waals surface area contributed by atoms with Crippen molar-refractivity contribution in [2.45, 2.75) is 77.3 Å². The number of allylic oxidation sites excluding steroid dienone is 1. The van der Waals surface area contributed by atoms with Gasteiger partial charge in [0.2, 0.25) is 0 Å². The number of hydrogen-bond donors (Lipinski definition) is 1. The molecule has 2 unspecified atom stereocenters. The molecule has 0 aromatic carbocycles. The molecule has 1 fully saturated rings. The van der Waals surface area contributed by atoms with E-state index < -0.39 is 0 Å². The van der Waals surface area contributed by atoms with E-state index in [0.717, 1.165) is 24.1 Å². The molecule has 0 amide bonds. The summed E-state index contributed by atoms with van der Waals surface area (Å²) >= 11 is 4.42. The zero-order chi connectivity index (χ0) is 14.3. The fourth-order valence-corrected chi connectivity index (χ4v) is 4.14. The zero-order valence-corrected chi connectivity index (χ0v) is 14.1. The first-order valence-corrected chi connectivity index (χ1v) is 8.74. The van der Waals surface area contributed by atoms with Crippen LogP contribution in [-0.4, -0.2) is 28.8 Å². The summed E-state index contributed by atoms with van der Waals surface area (Å²) in [5.41, 5.74) is 0.472. The van der Waals surface area contributed by atoms with E-state index in [0.29, 0.717) is 5.54 Å². The molecule has 1 rings (SSSR count). The third-order valence-electron chi connectivity index (χ3n) is 4.97. The fraction of sp³-hybridized carbons (Fsp3) is 0.882. The Morgan fingerprint density at radius 2 is 2.21 bits per heavy atom. The van der Waals surface area contributed by atoms with E-state index in [4.69, 9.17) is 0 Å². The van der Waals surface area contributed by atoms with Crippen LogP contribution in [0.25, 0.3) is 0 Å². The average molecular weight is 284 g/mol. The molecule has 2 heteroatoms. The van der Waals surface area contributed by atoms with Crippen LogP contribution < -0.4 is 0 Å². The van der Waals surface area contributed by atoms with Crippen LogP contribution in [0.2, 0.25) is 0 Å². The van der Waals surface area contributed by atoms with E-state index in [1.165, 1.54) is 45.1 Å². The first-order chi connectivity index (χ1) is 9.12. The maximum absolute atomic E-state index is 4.42. The lowest BCUT2D eigenvalue weighted by Crippen LogP contribution is -2.68. The molecule has 3 atom stereocenters. The van der Waals surface area contributed by atoms with E-state index in [1.54, 1.807) is 0 Å². The standard InChI is InChI=1S/C17H33NS/c1-5-7-8-12-18-16(4)14-17(18,11-9-13-19)15(3)10-6-2/h5,15-16,19H,1,6-14H2,2-4H3/t15?,16-,17?/m1/s1. The van der Waals surface area contributed by atoms with Crippen molar-refractivity contribution in [3.63, 3.8) is 0 Å². The number of nitrogens with zero attached hydrogens (tertiary/aromatic N) is 1. The molecule has 0 bridgehead atoms. The van der Waals surface area contributed by atoms with E-state index in [2.05, 4.69) is 51.0 Å². The first kappa shape index (κ1) is 17.1. The molecule has 0 N–H and O–H groups in total. The molecule has 112 valence electrons. The van der Waals surface area contributed by atoms with Gasteiger partial charge in [-0.25, -0.2) is 0 Å². The molecule has 1 aliphatic rings. The maximum atomic E-state index is 4.42. The van der Waals surface area contributed by atoms with E-state index >= 15 is 0 Å². The van der Waals surface area contributed by atoms with Gasteiger partial charge in [0.05, 0.1) is 0 Å². The lowest BCUT2D eigenvalue weighted by molar-refractivity contribution is -0.108. The SMILES string of the molecule is C=CCCCN1[C@H](C)CC1(CCCS)C(C)CCC. The lowest BCUT2D eigenvalue weighted by Gasteiger charge is -2.61. The van der Waals surface area contributed by atoms with E-state index in [9.17, 15) is 0 Å². The topological polar surface area (TPSA) is 3.24 Å². The predicted molar refractivity (Wildman–Crippen MR) is 90.1 cm³/mol. The van der Waals surface area contributed by atoms with Crippen LogP contribution in [0.5, 0.6) is 0 Å². The quantitative estimate of drug-likeness (QED) is 0.338. The minimum atomic E-state index is 0.472. The lowest BCUT2D eigenvalue weighted by atomic mass is 9.66. The van der Waals surface area contributed by atoms with Gasteiger partial charge in [0.25, 0.3) is 0 Å². The Hall–Kier alpha value is 0.0500. The number of likely N-dealkylation sites (tertiary alicyclic amines) is 1. The van der Waals surface area contributed by atoms with Crippen LogP contribution in [0.3, 0.4) is 0 Å². The maximum Gasteiger partial charge on any atom is 0.0253 e. The Morgan fingerprint density at radius 1 is 1.47 bits per heavy atom. The molecule has 1 aliphatic heterocycles. The molecule has 0 aromatic heterocycles. The molecular formula is C17H33NS. The van der Waals surface area contributed by atoms with Gasteiger partial charge in [-0.1, -0.05) is 26.3 Å². The number of thiol groups is 1. The van der Waals surface area contributed by atoms with Gasteiger partial charge in [-0.2, -0.15) is 12.6 Å². The Morgan fingerprint density at radius 3 is 2.74 bits per heavy atom. The molecular weight excluding hydrogens is 250 g/mol. The first-order valence-electron chi connectivity index (χ1n) is 8.10. The third kappa shape index (κ3) is 4.01. The molecule has 0 saturated carbocycles. The Balaban J connectivity index is 2.68. The van der Waals surface area contributed by atoms with Gasteiger partial charge in [-0.15, -0.1) is 6.58 Å². The molecule has 19 heavy (non-hydrogen) atoms. The normalized spacial score (nSPS) is 28.9. The molecule has 1 heterocycles. The van der Waals surface area contributed by atoms with Gasteiger partial charge in [0.1, 0.15) is 0 Å². The largest absolute Gasteiger partial charge is 0.295 e. The summed E-state index contributed by atoms with van der Waals surface area (Å²) in [6.07, 6.45) is 11.1. The summed E-state index contributed by atoms with van der Waals surface area (Å²) in [6.45, 7) is 12.3. The van der Waals surface area contributed by atoms with E-state index in [-0.39, 0.29) is 0 Å². The average Bonchev–Trinajstić information content (AvgIpc) is 2.39. The van der Waals surface area contributed by atoms with Crippen molar-refractivity contribution in [3.8, 4) is 0 Å². The Labute approximate surface area is 126 Å². The van der Waals surface area contributed by atoms with Crippen molar-refractivity contribution in [1.82, 2.24) is 4.90 Å². The highest BCUT2D eigenvalue weighted by Gasteiger charge is 2.51. The van der Waals surface area contributed by atoms with Crippen molar-refractivity contribution in [3.05, 3.63) is 12.7 Å². The van der Waals surface area contributed by atoms with Crippen LogP contribution in [0, 0.1) is 5.92 Å². The Kier molecular flexibility index (Phi) is 7.53. The summed E-state index contributed by atoms with van der Waals surface area (Å²) < 4.78 is 0. The summed E-state index contributed by atoms with van der Waals surface area (Å²) in [5.74, 6) is 1.84. The van der Waals surface area contributed by atoms with Crippen LogP contribution in [0.15, 0.2) is 12.7 Å².